The molecular formula is C17H15N3O6S. The van der Waals surface area contributed by atoms with Crippen LogP contribution in [0.2, 0.25) is 0 Å². The summed E-state index contributed by atoms with van der Waals surface area (Å²) in [5.41, 5.74) is 0.435. The summed E-state index contributed by atoms with van der Waals surface area (Å²) in [5, 5.41) is 19.9. The summed E-state index contributed by atoms with van der Waals surface area (Å²) in [5.74, 6) is 0.678. The van der Waals surface area contributed by atoms with Crippen LogP contribution in [0.1, 0.15) is 13.3 Å². The van der Waals surface area contributed by atoms with Crippen molar-refractivity contribution < 1.29 is 29.0 Å². The first-order valence-electron chi connectivity index (χ1n) is 7.76. The molecule has 2 aromatic rings. The van der Waals surface area contributed by atoms with E-state index in [1.54, 1.807) is 30.3 Å². The molecule has 0 aliphatic carbocycles. The summed E-state index contributed by atoms with van der Waals surface area (Å²) in [6.07, 6.45) is -0.0133. The fourth-order valence-electron chi connectivity index (χ4n) is 2.35. The molecule has 0 fully saturated rings. The highest BCUT2D eigenvalue weighted by Gasteiger charge is 2.26. The number of hydrazone groups is 1. The molecule has 140 valence electrons. The number of ether oxygens (including phenoxy) is 1. The Morgan fingerprint density at radius 1 is 1.26 bits per heavy atom. The van der Waals surface area contributed by atoms with Crippen LogP contribution < -0.4 is 15.1 Å². The maximum Gasteiger partial charge on any atom is 0.255 e. The number of nitrogens with zero attached hydrogens (tertiary/aromatic N) is 2. The number of para-hydroxylation sites is 1. The van der Waals surface area contributed by atoms with Gasteiger partial charge in [0.05, 0.1) is 29.0 Å². The summed E-state index contributed by atoms with van der Waals surface area (Å²) in [7, 11) is 0. The lowest BCUT2D eigenvalue weighted by Gasteiger charge is -2.15. The van der Waals surface area contributed by atoms with E-state index < -0.39 is 0 Å². The maximum atomic E-state index is 12.2. The molecule has 0 aromatic heterocycles. The van der Waals surface area contributed by atoms with E-state index in [1.807, 2.05) is 18.2 Å². The maximum absolute atomic E-state index is 12.2. The minimum Gasteiger partial charge on any atom is -0.456 e. The van der Waals surface area contributed by atoms with Gasteiger partial charge in [-0.05, 0) is 30.3 Å². The molecule has 1 aliphatic heterocycles. The van der Waals surface area contributed by atoms with Gasteiger partial charge in [0, 0.05) is 6.92 Å². The second-order valence-corrected chi connectivity index (χ2v) is 6.12. The first-order chi connectivity index (χ1) is 13.1. The predicted molar refractivity (Wildman–Crippen MR) is 97.0 cm³/mol. The number of carbonyl (C=O) groups excluding carboxylic acids is 2. The number of amides is 2. The second kappa shape index (κ2) is 8.64. The van der Waals surface area contributed by atoms with Gasteiger partial charge in [-0.15, -0.1) is 4.33 Å². The minimum atomic E-state index is -0.306. The molecule has 0 bridgehead atoms. The molecule has 0 radical (unpaired) electrons. The SMILES string of the molecule is CC(=O)NC1=NN(c2ccc(Oc3ccccc3)c(SOOO)c2)C(=O)C1. The van der Waals surface area contributed by atoms with Crippen molar-refractivity contribution in [2.75, 3.05) is 5.01 Å². The zero-order valence-electron chi connectivity index (χ0n) is 14.1. The van der Waals surface area contributed by atoms with Crippen molar-refractivity contribution in [3.05, 3.63) is 48.5 Å². The van der Waals surface area contributed by atoms with Gasteiger partial charge < -0.3 is 10.1 Å². The topological polar surface area (TPSA) is 110 Å². The first kappa shape index (κ1) is 18.9. The van der Waals surface area contributed by atoms with Crippen LogP contribution in [0.15, 0.2) is 58.5 Å². The molecule has 2 aromatic carbocycles. The van der Waals surface area contributed by atoms with Crippen LogP contribution in [0.25, 0.3) is 0 Å². The molecular weight excluding hydrogens is 374 g/mol. The van der Waals surface area contributed by atoms with Crippen LogP contribution in [0.3, 0.4) is 0 Å². The molecule has 2 N–H and O–H groups in total. The van der Waals surface area contributed by atoms with Crippen molar-refractivity contribution in [3.63, 3.8) is 0 Å². The standard InChI is InChI=1S/C17H15N3O6S/c1-11(21)18-16-10-17(22)20(19-16)12-7-8-14(15(9-12)27-26-25-23)24-13-5-3-2-4-6-13/h2-9,23H,10H2,1H3,(H,18,19,21). The Morgan fingerprint density at radius 3 is 2.74 bits per heavy atom. The second-order valence-electron chi connectivity index (χ2n) is 5.38. The van der Waals surface area contributed by atoms with E-state index in [0.717, 1.165) is 0 Å². The summed E-state index contributed by atoms with van der Waals surface area (Å²) < 4.78 is 10.3. The Balaban J connectivity index is 1.87. The Hall–Kier alpha value is -2.92. The average Bonchev–Trinajstić information content (AvgIpc) is 3.01. The number of nitrogens with one attached hydrogen (secondary N) is 1. The summed E-state index contributed by atoms with van der Waals surface area (Å²) in [4.78, 5) is 23.8. The van der Waals surface area contributed by atoms with E-state index >= 15 is 0 Å². The number of anilines is 1. The van der Waals surface area contributed by atoms with Crippen LogP contribution >= 0.6 is 12.0 Å². The van der Waals surface area contributed by atoms with Gasteiger partial charge in [-0.1, -0.05) is 23.2 Å². The normalized spacial score (nSPS) is 13.5. The molecule has 27 heavy (non-hydrogen) atoms. The van der Waals surface area contributed by atoms with E-state index in [4.69, 9.17) is 9.99 Å². The Kier molecular flexibility index (Phi) is 6.04. The molecule has 0 saturated carbocycles. The molecule has 0 saturated heterocycles. The van der Waals surface area contributed by atoms with Gasteiger partial charge in [0.25, 0.3) is 5.91 Å². The van der Waals surface area contributed by atoms with E-state index in [2.05, 4.69) is 19.8 Å². The van der Waals surface area contributed by atoms with Gasteiger partial charge in [0.1, 0.15) is 17.3 Å². The van der Waals surface area contributed by atoms with Crippen LogP contribution in [-0.4, -0.2) is 22.9 Å². The summed E-state index contributed by atoms with van der Waals surface area (Å²) >= 11 is 0.699. The quantitative estimate of drug-likeness (QED) is 0.444. The van der Waals surface area contributed by atoms with Gasteiger partial charge in [-0.3, -0.25) is 9.59 Å². The van der Waals surface area contributed by atoms with E-state index in [-0.39, 0.29) is 24.1 Å². The van der Waals surface area contributed by atoms with E-state index in [9.17, 15) is 9.59 Å². The third-order valence-electron chi connectivity index (χ3n) is 3.39. The van der Waals surface area contributed by atoms with Crippen LogP contribution in [0.5, 0.6) is 11.5 Å². The molecule has 9 nitrogen and oxygen atoms in total. The number of benzene rings is 2. The molecule has 2 amide bonds. The van der Waals surface area contributed by atoms with Crippen molar-refractivity contribution in [2.24, 2.45) is 5.10 Å². The van der Waals surface area contributed by atoms with Gasteiger partial charge in [0.15, 0.2) is 0 Å². The minimum absolute atomic E-state index is 0.0133. The number of rotatable bonds is 6. The molecule has 0 atom stereocenters. The highest BCUT2D eigenvalue weighted by Crippen LogP contribution is 2.37. The van der Waals surface area contributed by atoms with Gasteiger partial charge >= 0.3 is 0 Å². The Labute approximate surface area is 158 Å². The lowest BCUT2D eigenvalue weighted by atomic mass is 10.2. The predicted octanol–water partition coefficient (Wildman–Crippen LogP) is 3.09. The number of carbonyl (C=O) groups is 2. The van der Waals surface area contributed by atoms with Crippen molar-refractivity contribution in [2.45, 2.75) is 18.2 Å². The summed E-state index contributed by atoms with van der Waals surface area (Å²) in [6.45, 7) is 1.34. The fraction of sp³-hybridized carbons (Fsp3) is 0.118. The third kappa shape index (κ3) is 4.83. The van der Waals surface area contributed by atoms with Crippen molar-refractivity contribution in [3.8, 4) is 11.5 Å². The monoisotopic (exact) mass is 389 g/mol. The van der Waals surface area contributed by atoms with Crippen LogP contribution in [-0.2, 0) is 19.0 Å². The molecule has 1 heterocycles. The van der Waals surface area contributed by atoms with Crippen molar-refractivity contribution >= 4 is 35.4 Å². The Bertz CT molecular complexity index is 874. The van der Waals surface area contributed by atoms with Crippen molar-refractivity contribution in [1.82, 2.24) is 5.32 Å². The zero-order chi connectivity index (χ0) is 19.2. The first-order valence-corrected chi connectivity index (χ1v) is 8.50. The zero-order valence-corrected chi connectivity index (χ0v) is 14.9. The number of hydrogen-bond donors (Lipinski definition) is 2. The van der Waals surface area contributed by atoms with E-state index in [0.29, 0.717) is 34.1 Å². The Morgan fingerprint density at radius 2 is 2.04 bits per heavy atom. The van der Waals surface area contributed by atoms with Crippen LogP contribution in [0.4, 0.5) is 5.69 Å². The molecule has 3 rings (SSSR count). The highest BCUT2D eigenvalue weighted by atomic mass is 32.2. The molecule has 0 spiro atoms. The lowest BCUT2D eigenvalue weighted by Crippen LogP contribution is -2.27. The van der Waals surface area contributed by atoms with E-state index in [1.165, 1.54) is 11.9 Å². The lowest BCUT2D eigenvalue weighted by molar-refractivity contribution is -0.432. The smallest absolute Gasteiger partial charge is 0.255 e. The van der Waals surface area contributed by atoms with Crippen LogP contribution in [0, 0.1) is 0 Å². The number of amidine groups is 1. The highest BCUT2D eigenvalue weighted by molar-refractivity contribution is 7.94. The van der Waals surface area contributed by atoms with Gasteiger partial charge in [-0.2, -0.15) is 10.1 Å². The molecule has 0 unspecified atom stereocenters. The van der Waals surface area contributed by atoms with Crippen molar-refractivity contribution in [1.29, 1.82) is 0 Å². The largest absolute Gasteiger partial charge is 0.456 e. The third-order valence-corrected chi connectivity index (χ3v) is 4.02. The fourth-order valence-corrected chi connectivity index (χ4v) is 2.81. The molecule has 10 heteroatoms. The molecule has 1 aliphatic rings. The van der Waals surface area contributed by atoms with Gasteiger partial charge in [-0.25, -0.2) is 5.26 Å². The summed E-state index contributed by atoms with van der Waals surface area (Å²) in [6, 6.07) is 13.9. The van der Waals surface area contributed by atoms with Gasteiger partial charge in [0.2, 0.25) is 5.91 Å². The average molecular weight is 389 g/mol. The number of hydrogen-bond acceptors (Lipinski definition) is 8.